The molecule has 28 heavy (non-hydrogen) atoms. The minimum atomic E-state index is -0.285. The standard InChI is InChI=1S/C21H19ClFN3OS/c22-16-5-9-18(10-6-16)26-19(15-3-7-17(23)8-4-15)13-24-21(26)28-14-20(27)25-11-1-2-12-25/h3-10,13H,1-2,11-12,14H2. The Labute approximate surface area is 172 Å². The topological polar surface area (TPSA) is 38.1 Å². The minimum absolute atomic E-state index is 0.136. The van der Waals surface area contributed by atoms with Crippen molar-refractivity contribution in [1.29, 1.82) is 0 Å². The van der Waals surface area contributed by atoms with Crippen LogP contribution in [0.3, 0.4) is 0 Å². The Bertz CT molecular complexity index is 966. The highest BCUT2D eigenvalue weighted by Gasteiger charge is 2.20. The molecule has 0 bridgehead atoms. The van der Waals surface area contributed by atoms with E-state index in [1.807, 2.05) is 33.7 Å². The van der Waals surface area contributed by atoms with Gasteiger partial charge >= 0.3 is 0 Å². The molecule has 0 N–H and O–H groups in total. The van der Waals surface area contributed by atoms with Gasteiger partial charge in [0.05, 0.1) is 17.6 Å². The quantitative estimate of drug-likeness (QED) is 0.547. The summed E-state index contributed by atoms with van der Waals surface area (Å²) in [4.78, 5) is 18.9. The van der Waals surface area contributed by atoms with Gasteiger partial charge in [0.15, 0.2) is 5.16 Å². The predicted octanol–water partition coefficient (Wildman–Crippen LogP) is 5.05. The zero-order chi connectivity index (χ0) is 19.5. The molecule has 0 aliphatic carbocycles. The number of thioether (sulfide) groups is 1. The van der Waals surface area contributed by atoms with Crippen LogP contribution in [0.25, 0.3) is 16.9 Å². The van der Waals surface area contributed by atoms with Gasteiger partial charge in [0.2, 0.25) is 5.91 Å². The third kappa shape index (κ3) is 4.08. The van der Waals surface area contributed by atoms with Gasteiger partial charge in [-0.2, -0.15) is 0 Å². The number of nitrogens with zero attached hydrogens (tertiary/aromatic N) is 3. The smallest absolute Gasteiger partial charge is 0.233 e. The summed E-state index contributed by atoms with van der Waals surface area (Å²) in [7, 11) is 0. The van der Waals surface area contributed by atoms with Crippen LogP contribution >= 0.6 is 23.4 Å². The van der Waals surface area contributed by atoms with Crippen LogP contribution in [-0.2, 0) is 4.79 Å². The van der Waals surface area contributed by atoms with E-state index in [-0.39, 0.29) is 11.7 Å². The SMILES string of the molecule is O=C(CSc1ncc(-c2ccc(F)cc2)n1-c1ccc(Cl)cc1)N1CCCC1. The number of hydrogen-bond donors (Lipinski definition) is 0. The molecule has 0 unspecified atom stereocenters. The number of likely N-dealkylation sites (tertiary alicyclic amines) is 1. The zero-order valence-electron chi connectivity index (χ0n) is 15.1. The second-order valence-electron chi connectivity index (χ2n) is 6.62. The van der Waals surface area contributed by atoms with E-state index in [0.717, 1.165) is 42.9 Å². The Morgan fingerprint density at radius 3 is 2.43 bits per heavy atom. The normalized spacial score (nSPS) is 13.9. The Balaban J connectivity index is 1.66. The van der Waals surface area contributed by atoms with Gasteiger partial charge in [-0.3, -0.25) is 9.36 Å². The number of aromatic nitrogens is 2. The molecule has 1 aromatic heterocycles. The summed E-state index contributed by atoms with van der Waals surface area (Å²) in [6.07, 6.45) is 3.90. The van der Waals surface area contributed by atoms with Gasteiger partial charge in [-0.25, -0.2) is 9.37 Å². The predicted molar refractivity (Wildman–Crippen MR) is 111 cm³/mol. The van der Waals surface area contributed by atoms with Crippen LogP contribution in [0.1, 0.15) is 12.8 Å². The maximum Gasteiger partial charge on any atom is 0.233 e. The first-order chi connectivity index (χ1) is 13.6. The molecule has 7 heteroatoms. The second-order valence-corrected chi connectivity index (χ2v) is 8.00. The Hall–Kier alpha value is -2.31. The molecule has 0 radical (unpaired) electrons. The highest BCUT2D eigenvalue weighted by molar-refractivity contribution is 7.99. The van der Waals surface area contributed by atoms with E-state index in [0.29, 0.717) is 15.9 Å². The molecule has 0 saturated carbocycles. The molecule has 4 nitrogen and oxygen atoms in total. The molecule has 1 aliphatic rings. The lowest BCUT2D eigenvalue weighted by Gasteiger charge is -2.16. The number of rotatable bonds is 5. The van der Waals surface area contributed by atoms with E-state index in [2.05, 4.69) is 4.98 Å². The third-order valence-corrected chi connectivity index (χ3v) is 5.93. The van der Waals surface area contributed by atoms with Crippen molar-refractivity contribution in [3.8, 4) is 16.9 Å². The van der Waals surface area contributed by atoms with Gasteiger partial charge in [-0.15, -0.1) is 0 Å². The summed E-state index contributed by atoms with van der Waals surface area (Å²) >= 11 is 7.45. The van der Waals surface area contributed by atoms with Crippen molar-refractivity contribution in [2.45, 2.75) is 18.0 Å². The van der Waals surface area contributed by atoms with Gasteiger partial charge in [-0.1, -0.05) is 23.4 Å². The third-order valence-electron chi connectivity index (χ3n) is 4.74. The molecule has 4 rings (SSSR count). The van der Waals surface area contributed by atoms with Crippen LogP contribution in [0, 0.1) is 5.82 Å². The molecular weight excluding hydrogens is 397 g/mol. The molecule has 144 valence electrons. The fraction of sp³-hybridized carbons (Fsp3) is 0.238. The monoisotopic (exact) mass is 415 g/mol. The molecule has 2 heterocycles. The van der Waals surface area contributed by atoms with Crippen molar-refractivity contribution in [2.75, 3.05) is 18.8 Å². The van der Waals surface area contributed by atoms with Crippen LogP contribution in [0.2, 0.25) is 5.02 Å². The number of hydrogen-bond acceptors (Lipinski definition) is 3. The number of amides is 1. The number of carbonyl (C=O) groups excluding carboxylic acids is 1. The van der Waals surface area contributed by atoms with Crippen LogP contribution in [-0.4, -0.2) is 39.2 Å². The fourth-order valence-electron chi connectivity index (χ4n) is 3.28. The highest BCUT2D eigenvalue weighted by Crippen LogP contribution is 2.31. The van der Waals surface area contributed by atoms with Crippen molar-refractivity contribution in [2.24, 2.45) is 0 Å². The van der Waals surface area contributed by atoms with Crippen LogP contribution in [0.15, 0.2) is 59.9 Å². The lowest BCUT2D eigenvalue weighted by Crippen LogP contribution is -2.29. The van der Waals surface area contributed by atoms with Gasteiger partial charge in [0.1, 0.15) is 5.82 Å². The highest BCUT2D eigenvalue weighted by atomic mass is 35.5. The van der Waals surface area contributed by atoms with E-state index in [1.54, 1.807) is 18.3 Å². The Morgan fingerprint density at radius 1 is 1.07 bits per heavy atom. The van der Waals surface area contributed by atoms with Crippen LogP contribution in [0.5, 0.6) is 0 Å². The number of halogens is 2. The molecule has 0 atom stereocenters. The lowest BCUT2D eigenvalue weighted by atomic mass is 10.1. The van der Waals surface area contributed by atoms with Gasteiger partial charge in [-0.05, 0) is 61.4 Å². The first-order valence-electron chi connectivity index (χ1n) is 9.12. The van der Waals surface area contributed by atoms with E-state index in [1.165, 1.54) is 23.9 Å². The first-order valence-corrected chi connectivity index (χ1v) is 10.5. The Morgan fingerprint density at radius 2 is 1.75 bits per heavy atom. The molecule has 0 spiro atoms. The van der Waals surface area contributed by atoms with E-state index >= 15 is 0 Å². The van der Waals surface area contributed by atoms with Crippen LogP contribution < -0.4 is 0 Å². The maximum atomic E-state index is 13.3. The van der Waals surface area contributed by atoms with Crippen molar-refractivity contribution >= 4 is 29.3 Å². The van der Waals surface area contributed by atoms with Crippen molar-refractivity contribution in [1.82, 2.24) is 14.5 Å². The van der Waals surface area contributed by atoms with E-state index in [4.69, 9.17) is 11.6 Å². The molecule has 2 aromatic carbocycles. The Kier molecular flexibility index (Phi) is 5.69. The summed E-state index contributed by atoms with van der Waals surface area (Å²) in [5, 5.41) is 1.36. The number of benzene rings is 2. The largest absolute Gasteiger partial charge is 0.342 e. The summed E-state index contributed by atoms with van der Waals surface area (Å²) in [5.41, 5.74) is 2.57. The molecular formula is C21H19ClFN3OS. The summed E-state index contributed by atoms with van der Waals surface area (Å²) in [6, 6.07) is 13.7. The summed E-state index contributed by atoms with van der Waals surface area (Å²) in [6.45, 7) is 1.68. The average molecular weight is 416 g/mol. The van der Waals surface area contributed by atoms with Crippen LogP contribution in [0.4, 0.5) is 4.39 Å². The maximum absolute atomic E-state index is 13.3. The lowest BCUT2D eigenvalue weighted by molar-refractivity contribution is -0.127. The molecule has 1 saturated heterocycles. The molecule has 1 amide bonds. The number of carbonyl (C=O) groups is 1. The average Bonchev–Trinajstić information content (AvgIpc) is 3.38. The minimum Gasteiger partial charge on any atom is -0.342 e. The molecule has 3 aromatic rings. The van der Waals surface area contributed by atoms with Crippen molar-refractivity contribution in [3.63, 3.8) is 0 Å². The number of imidazole rings is 1. The van der Waals surface area contributed by atoms with E-state index in [9.17, 15) is 9.18 Å². The first kappa shape index (κ1) is 19.0. The second kappa shape index (κ2) is 8.37. The van der Waals surface area contributed by atoms with E-state index < -0.39 is 0 Å². The van der Waals surface area contributed by atoms with Crippen molar-refractivity contribution < 1.29 is 9.18 Å². The molecule has 1 fully saturated rings. The fourth-order valence-corrected chi connectivity index (χ4v) is 4.31. The van der Waals surface area contributed by atoms with Gasteiger partial charge < -0.3 is 4.90 Å². The summed E-state index contributed by atoms with van der Waals surface area (Å²) in [5.74, 6) is 0.191. The zero-order valence-corrected chi connectivity index (χ0v) is 16.7. The van der Waals surface area contributed by atoms with Crippen molar-refractivity contribution in [3.05, 3.63) is 65.6 Å². The van der Waals surface area contributed by atoms with Gasteiger partial charge in [0.25, 0.3) is 0 Å². The van der Waals surface area contributed by atoms with Gasteiger partial charge in [0, 0.05) is 29.4 Å². The molecule has 1 aliphatic heterocycles. The summed E-state index contributed by atoms with van der Waals surface area (Å²) < 4.78 is 15.3.